The first-order valence-corrected chi connectivity index (χ1v) is 3.86. The summed E-state index contributed by atoms with van der Waals surface area (Å²) in [5, 5.41) is 12.7. The van der Waals surface area contributed by atoms with Crippen molar-refractivity contribution in [2.45, 2.75) is 6.54 Å². The highest BCUT2D eigenvalue weighted by atomic mass is 16.6. The van der Waals surface area contributed by atoms with E-state index < -0.39 is 4.92 Å². The Labute approximate surface area is 76.0 Å². The number of nitrogens with one attached hydrogen (secondary N) is 1. The number of hydrogen-bond donors (Lipinski definition) is 1. The van der Waals surface area contributed by atoms with Crippen LogP contribution in [0.2, 0.25) is 0 Å². The maximum Gasteiger partial charge on any atom is 0.249 e. The van der Waals surface area contributed by atoms with Gasteiger partial charge < -0.3 is 5.32 Å². The van der Waals surface area contributed by atoms with Crippen LogP contribution in [0.4, 0.5) is 0 Å². The van der Waals surface area contributed by atoms with E-state index >= 15 is 0 Å². The van der Waals surface area contributed by atoms with Gasteiger partial charge in [-0.3, -0.25) is 10.1 Å². The lowest BCUT2D eigenvalue weighted by atomic mass is 10.2. The zero-order chi connectivity index (χ0) is 9.52. The summed E-state index contributed by atoms with van der Waals surface area (Å²) in [6, 6.07) is 9.68. The average molecular weight is 178 g/mol. The molecule has 1 rings (SSSR count). The first kappa shape index (κ1) is 9.25. The largest absolute Gasteiger partial charge is 0.382 e. The van der Waals surface area contributed by atoms with Crippen LogP contribution in [-0.4, -0.2) is 4.92 Å². The lowest BCUT2D eigenvalue weighted by molar-refractivity contribution is -0.402. The van der Waals surface area contributed by atoms with Crippen molar-refractivity contribution in [3.63, 3.8) is 0 Å². The van der Waals surface area contributed by atoms with E-state index in [1.807, 2.05) is 30.3 Å². The molecule has 0 heterocycles. The van der Waals surface area contributed by atoms with Gasteiger partial charge in [0.25, 0.3) is 0 Å². The minimum atomic E-state index is -0.502. The van der Waals surface area contributed by atoms with Crippen molar-refractivity contribution < 1.29 is 4.92 Å². The standard InChI is InChI=1S/C9H10N2O2/c12-11(13)7-6-10-8-9-4-2-1-3-5-9/h1-7,10H,8H2. The molecule has 0 aromatic heterocycles. The number of nitrogens with zero attached hydrogens (tertiary/aromatic N) is 1. The second kappa shape index (κ2) is 4.92. The van der Waals surface area contributed by atoms with Gasteiger partial charge in [-0.2, -0.15) is 0 Å². The summed E-state index contributed by atoms with van der Waals surface area (Å²) in [7, 11) is 0. The second-order valence-corrected chi connectivity index (χ2v) is 2.47. The summed E-state index contributed by atoms with van der Waals surface area (Å²) in [5.41, 5.74) is 1.09. The Hall–Kier alpha value is -1.84. The second-order valence-electron chi connectivity index (χ2n) is 2.47. The van der Waals surface area contributed by atoms with Gasteiger partial charge in [0.15, 0.2) is 0 Å². The van der Waals surface area contributed by atoms with Crippen LogP contribution >= 0.6 is 0 Å². The molecule has 13 heavy (non-hydrogen) atoms. The summed E-state index contributed by atoms with van der Waals surface area (Å²) in [4.78, 5) is 9.39. The molecule has 0 saturated carbocycles. The molecule has 0 aliphatic carbocycles. The fourth-order valence-corrected chi connectivity index (χ4v) is 0.886. The van der Waals surface area contributed by atoms with Gasteiger partial charge in [-0.15, -0.1) is 0 Å². The molecule has 0 spiro atoms. The number of nitro groups is 1. The molecule has 1 aromatic rings. The molecule has 68 valence electrons. The molecule has 0 bridgehead atoms. The van der Waals surface area contributed by atoms with E-state index in [1.165, 1.54) is 6.20 Å². The fourth-order valence-electron chi connectivity index (χ4n) is 0.886. The van der Waals surface area contributed by atoms with E-state index in [-0.39, 0.29) is 0 Å². The lowest BCUT2D eigenvalue weighted by Crippen LogP contribution is -2.04. The van der Waals surface area contributed by atoms with Crippen molar-refractivity contribution in [2.24, 2.45) is 0 Å². The molecule has 4 nitrogen and oxygen atoms in total. The number of rotatable bonds is 4. The summed E-state index contributed by atoms with van der Waals surface area (Å²) < 4.78 is 0. The smallest absolute Gasteiger partial charge is 0.249 e. The van der Waals surface area contributed by atoms with Crippen molar-refractivity contribution in [3.8, 4) is 0 Å². The van der Waals surface area contributed by atoms with E-state index in [2.05, 4.69) is 5.32 Å². The Balaban J connectivity index is 2.32. The molecular formula is C9H10N2O2. The van der Waals surface area contributed by atoms with Gasteiger partial charge in [0.1, 0.15) is 0 Å². The number of hydrogen-bond acceptors (Lipinski definition) is 3. The molecule has 0 fully saturated rings. The van der Waals surface area contributed by atoms with Gasteiger partial charge in [0.2, 0.25) is 6.20 Å². The average Bonchev–Trinajstić information content (AvgIpc) is 2.14. The molecule has 0 radical (unpaired) electrons. The maximum absolute atomic E-state index is 9.89. The van der Waals surface area contributed by atoms with Crippen molar-refractivity contribution in [2.75, 3.05) is 0 Å². The monoisotopic (exact) mass is 178 g/mol. The molecular weight excluding hydrogens is 168 g/mol. The minimum Gasteiger partial charge on any atom is -0.382 e. The molecule has 0 aliphatic rings. The fraction of sp³-hybridized carbons (Fsp3) is 0.111. The zero-order valence-corrected chi connectivity index (χ0v) is 7.01. The van der Waals surface area contributed by atoms with E-state index in [0.717, 1.165) is 11.8 Å². The van der Waals surface area contributed by atoms with Crippen LogP contribution in [0.3, 0.4) is 0 Å². The molecule has 4 heteroatoms. The first-order valence-electron chi connectivity index (χ1n) is 3.86. The number of benzene rings is 1. The van der Waals surface area contributed by atoms with Gasteiger partial charge in [-0.1, -0.05) is 30.3 Å². The molecule has 0 amide bonds. The highest BCUT2D eigenvalue weighted by molar-refractivity contribution is 5.14. The van der Waals surface area contributed by atoms with E-state index in [0.29, 0.717) is 6.54 Å². The van der Waals surface area contributed by atoms with Crippen LogP contribution < -0.4 is 5.32 Å². The van der Waals surface area contributed by atoms with Crippen molar-refractivity contribution >= 4 is 0 Å². The molecule has 1 N–H and O–H groups in total. The molecule has 0 unspecified atom stereocenters. The molecule has 0 atom stereocenters. The van der Waals surface area contributed by atoms with Gasteiger partial charge >= 0.3 is 0 Å². The first-order chi connectivity index (χ1) is 6.29. The van der Waals surface area contributed by atoms with Crippen LogP contribution in [0.15, 0.2) is 42.7 Å². The van der Waals surface area contributed by atoms with Crippen LogP contribution in [0.25, 0.3) is 0 Å². The van der Waals surface area contributed by atoms with Crippen molar-refractivity contribution in [3.05, 3.63) is 58.4 Å². The SMILES string of the molecule is O=[N+]([O-])C=CNCc1ccccc1. The molecule has 1 aromatic carbocycles. The summed E-state index contributed by atoms with van der Waals surface area (Å²) in [5.74, 6) is 0. The van der Waals surface area contributed by atoms with Gasteiger partial charge in [0.05, 0.1) is 11.1 Å². The van der Waals surface area contributed by atoms with Gasteiger partial charge in [-0.05, 0) is 5.56 Å². The Morgan fingerprint density at radius 2 is 2.08 bits per heavy atom. The maximum atomic E-state index is 9.89. The zero-order valence-electron chi connectivity index (χ0n) is 7.01. The third-order valence-electron chi connectivity index (χ3n) is 1.46. The predicted octanol–water partition coefficient (Wildman–Crippen LogP) is 1.52. The van der Waals surface area contributed by atoms with Crippen LogP contribution in [0.5, 0.6) is 0 Å². The predicted molar refractivity (Wildman–Crippen MR) is 49.4 cm³/mol. The van der Waals surface area contributed by atoms with Crippen LogP contribution in [0.1, 0.15) is 5.56 Å². The quantitative estimate of drug-likeness (QED) is 0.561. The topological polar surface area (TPSA) is 55.2 Å². The lowest BCUT2D eigenvalue weighted by Gasteiger charge is -1.98. The summed E-state index contributed by atoms with van der Waals surface area (Å²) in [6.45, 7) is 0.602. The third-order valence-corrected chi connectivity index (χ3v) is 1.46. The Morgan fingerprint density at radius 1 is 1.38 bits per heavy atom. The Morgan fingerprint density at radius 3 is 2.69 bits per heavy atom. The van der Waals surface area contributed by atoms with Crippen molar-refractivity contribution in [1.82, 2.24) is 5.32 Å². The summed E-state index contributed by atoms with van der Waals surface area (Å²) in [6.07, 6.45) is 2.20. The van der Waals surface area contributed by atoms with Crippen molar-refractivity contribution in [1.29, 1.82) is 0 Å². The Kier molecular flexibility index (Phi) is 3.50. The normalized spacial score (nSPS) is 10.2. The van der Waals surface area contributed by atoms with E-state index in [1.54, 1.807) is 0 Å². The summed E-state index contributed by atoms with van der Waals surface area (Å²) >= 11 is 0. The van der Waals surface area contributed by atoms with Gasteiger partial charge in [0, 0.05) is 6.54 Å². The highest BCUT2D eigenvalue weighted by Crippen LogP contribution is 1.96. The van der Waals surface area contributed by atoms with Crippen LogP contribution in [0, 0.1) is 10.1 Å². The Bertz CT molecular complexity index is 296. The highest BCUT2D eigenvalue weighted by Gasteiger charge is 1.87. The molecule has 0 saturated heterocycles. The van der Waals surface area contributed by atoms with Crippen LogP contribution in [-0.2, 0) is 6.54 Å². The minimum absolute atomic E-state index is 0.502. The van der Waals surface area contributed by atoms with E-state index in [9.17, 15) is 10.1 Å². The van der Waals surface area contributed by atoms with E-state index in [4.69, 9.17) is 0 Å². The third kappa shape index (κ3) is 3.91. The van der Waals surface area contributed by atoms with Gasteiger partial charge in [-0.25, -0.2) is 0 Å². The molecule has 0 aliphatic heterocycles.